The second kappa shape index (κ2) is 14.9. The fraction of sp³-hybridized carbons (Fsp3) is 0. The molecule has 0 N–H and O–H groups in total. The fourth-order valence-electron chi connectivity index (χ4n) is 8.85. The Kier molecular flexibility index (Phi) is 8.65. The Morgan fingerprint density at radius 1 is 0.290 bits per heavy atom. The Labute approximate surface area is 362 Å². The Hall–Kier alpha value is -7.99. The summed E-state index contributed by atoms with van der Waals surface area (Å²) in [6.07, 6.45) is 0. The van der Waals surface area contributed by atoms with Crippen LogP contribution >= 0.6 is 11.3 Å². The minimum atomic E-state index is 0.602. The van der Waals surface area contributed by atoms with Crippen molar-refractivity contribution in [2.75, 3.05) is 0 Å². The smallest absolute Gasteiger partial charge is 0.166 e. The van der Waals surface area contributed by atoms with E-state index in [0.717, 1.165) is 55.7 Å². The number of fused-ring (bicyclic) bond motifs is 6. The van der Waals surface area contributed by atoms with E-state index in [4.69, 9.17) is 15.0 Å². The second-order valence-corrected chi connectivity index (χ2v) is 16.7. The highest BCUT2D eigenvalue weighted by molar-refractivity contribution is 7.25. The van der Waals surface area contributed by atoms with Crippen molar-refractivity contribution in [1.82, 2.24) is 19.5 Å². The average Bonchev–Trinajstić information content (AvgIpc) is 3.88. The molecule has 0 unspecified atom stereocenters. The topological polar surface area (TPSA) is 43.6 Å². The van der Waals surface area contributed by atoms with E-state index in [1.807, 2.05) is 47.7 Å². The van der Waals surface area contributed by atoms with Crippen molar-refractivity contribution in [3.05, 3.63) is 218 Å². The van der Waals surface area contributed by atoms with Crippen molar-refractivity contribution in [2.24, 2.45) is 0 Å². The molecule has 0 saturated heterocycles. The van der Waals surface area contributed by atoms with Crippen LogP contribution in [0, 0.1) is 0 Å². The van der Waals surface area contributed by atoms with Gasteiger partial charge in [-0.3, -0.25) is 0 Å². The summed E-state index contributed by atoms with van der Waals surface area (Å²) in [5, 5.41) is 4.94. The van der Waals surface area contributed by atoms with Gasteiger partial charge in [0.25, 0.3) is 0 Å². The zero-order chi connectivity index (χ0) is 41.0. The second-order valence-electron chi connectivity index (χ2n) is 15.6. The quantitative estimate of drug-likeness (QED) is 0.161. The molecule has 3 aromatic heterocycles. The molecule has 9 aromatic carbocycles. The Balaban J connectivity index is 1.17. The molecule has 12 rings (SSSR count). The summed E-state index contributed by atoms with van der Waals surface area (Å²) in [5.41, 5.74) is 12.8. The van der Waals surface area contributed by atoms with Gasteiger partial charge in [0.15, 0.2) is 17.5 Å². The van der Waals surface area contributed by atoms with Gasteiger partial charge in [-0.2, -0.15) is 0 Å². The monoisotopic (exact) mass is 808 g/mol. The van der Waals surface area contributed by atoms with Gasteiger partial charge >= 0.3 is 0 Å². The number of benzene rings is 9. The van der Waals surface area contributed by atoms with Gasteiger partial charge in [0, 0.05) is 47.6 Å². The van der Waals surface area contributed by atoms with E-state index in [9.17, 15) is 0 Å². The van der Waals surface area contributed by atoms with Crippen molar-refractivity contribution in [3.63, 3.8) is 0 Å². The third kappa shape index (κ3) is 6.26. The average molecular weight is 809 g/mol. The minimum Gasteiger partial charge on any atom is -0.308 e. The molecule has 290 valence electrons. The largest absolute Gasteiger partial charge is 0.308 e. The highest BCUT2D eigenvalue weighted by atomic mass is 32.1. The fourth-order valence-corrected chi connectivity index (χ4v) is 9.98. The Bertz CT molecular complexity index is 3500. The van der Waals surface area contributed by atoms with E-state index in [0.29, 0.717) is 17.5 Å². The first kappa shape index (κ1) is 35.9. The Morgan fingerprint density at radius 3 is 1.40 bits per heavy atom. The number of para-hydroxylation sites is 1. The number of aromatic nitrogens is 4. The summed E-state index contributed by atoms with van der Waals surface area (Å²) < 4.78 is 4.98. The predicted octanol–water partition coefficient (Wildman–Crippen LogP) is 15.3. The van der Waals surface area contributed by atoms with Gasteiger partial charge in [0.05, 0.1) is 16.7 Å². The van der Waals surface area contributed by atoms with Crippen LogP contribution in [-0.2, 0) is 0 Å². The first-order valence-electron chi connectivity index (χ1n) is 20.8. The molecule has 0 amide bonds. The van der Waals surface area contributed by atoms with Crippen LogP contribution in [0.4, 0.5) is 0 Å². The molecule has 0 fully saturated rings. The zero-order valence-corrected chi connectivity index (χ0v) is 34.3. The van der Waals surface area contributed by atoms with E-state index in [1.54, 1.807) is 0 Å². The lowest BCUT2D eigenvalue weighted by atomic mass is 9.92. The van der Waals surface area contributed by atoms with E-state index in [2.05, 4.69) is 187 Å². The van der Waals surface area contributed by atoms with Gasteiger partial charge in [0.2, 0.25) is 0 Å². The molecule has 0 aliphatic carbocycles. The number of thiophene rings is 1. The van der Waals surface area contributed by atoms with Crippen LogP contribution in [-0.4, -0.2) is 19.5 Å². The number of hydrogen-bond donors (Lipinski definition) is 0. The molecule has 62 heavy (non-hydrogen) atoms. The van der Waals surface area contributed by atoms with Gasteiger partial charge < -0.3 is 4.57 Å². The summed E-state index contributed by atoms with van der Waals surface area (Å²) in [7, 11) is 0. The van der Waals surface area contributed by atoms with E-state index < -0.39 is 0 Å². The number of hydrogen-bond acceptors (Lipinski definition) is 4. The van der Waals surface area contributed by atoms with Crippen molar-refractivity contribution >= 4 is 53.3 Å². The van der Waals surface area contributed by atoms with Crippen LogP contribution in [0.2, 0.25) is 0 Å². The lowest BCUT2D eigenvalue weighted by molar-refractivity contribution is 1.06. The molecule has 0 radical (unpaired) electrons. The summed E-state index contributed by atoms with van der Waals surface area (Å²) >= 11 is 1.85. The van der Waals surface area contributed by atoms with E-state index in [-0.39, 0.29) is 0 Å². The normalized spacial score (nSPS) is 11.5. The summed E-state index contributed by atoms with van der Waals surface area (Å²) in [6, 6.07) is 77.6. The highest BCUT2D eigenvalue weighted by Crippen LogP contribution is 2.43. The van der Waals surface area contributed by atoms with Gasteiger partial charge in [-0.05, 0) is 88.0 Å². The molecule has 0 aliphatic rings. The standard InChI is InChI=1S/C57H36N4S/c1-5-17-37(18-6-1)42-31-43(38-19-7-2-8-20-38)33-44(32-42)41-29-30-51(49(34-41)57-59-55(39-21-9-3-10-22-39)58-56(60-57)40-23-11-4-12-24-40)61-50-27-15-13-25-45(50)47-36-54-48(35-52(47)61)46-26-14-16-28-53(46)62-54/h1-36H. The van der Waals surface area contributed by atoms with Crippen LogP contribution < -0.4 is 0 Å². The van der Waals surface area contributed by atoms with Crippen LogP contribution in [0.1, 0.15) is 0 Å². The summed E-state index contributed by atoms with van der Waals surface area (Å²) in [5.74, 6) is 1.85. The van der Waals surface area contributed by atoms with Gasteiger partial charge in [0.1, 0.15) is 0 Å². The molecular weight excluding hydrogens is 773 g/mol. The molecule has 0 saturated carbocycles. The summed E-state index contributed by atoms with van der Waals surface area (Å²) in [4.78, 5) is 15.8. The predicted molar refractivity (Wildman–Crippen MR) is 260 cm³/mol. The minimum absolute atomic E-state index is 0.602. The number of nitrogens with zero attached hydrogens (tertiary/aromatic N) is 4. The third-order valence-corrected chi connectivity index (χ3v) is 13.0. The van der Waals surface area contributed by atoms with Gasteiger partial charge in [-0.1, -0.05) is 164 Å². The Morgan fingerprint density at radius 2 is 0.790 bits per heavy atom. The van der Waals surface area contributed by atoms with Crippen LogP contribution in [0.25, 0.3) is 115 Å². The van der Waals surface area contributed by atoms with Crippen LogP contribution in [0.3, 0.4) is 0 Å². The maximum atomic E-state index is 5.34. The lowest BCUT2D eigenvalue weighted by Gasteiger charge is -2.17. The van der Waals surface area contributed by atoms with E-state index >= 15 is 0 Å². The maximum Gasteiger partial charge on any atom is 0.166 e. The van der Waals surface area contributed by atoms with E-state index in [1.165, 1.54) is 42.1 Å². The van der Waals surface area contributed by atoms with Gasteiger partial charge in [-0.15, -0.1) is 11.3 Å². The molecular formula is C57H36N4S. The lowest BCUT2D eigenvalue weighted by Crippen LogP contribution is -2.04. The van der Waals surface area contributed by atoms with Crippen LogP contribution in [0.5, 0.6) is 0 Å². The third-order valence-electron chi connectivity index (χ3n) is 11.8. The van der Waals surface area contributed by atoms with Crippen molar-refractivity contribution < 1.29 is 0 Å². The molecule has 3 heterocycles. The molecule has 0 bridgehead atoms. The number of rotatable bonds is 7. The first-order chi connectivity index (χ1) is 30.7. The van der Waals surface area contributed by atoms with Crippen LogP contribution in [0.15, 0.2) is 218 Å². The van der Waals surface area contributed by atoms with Gasteiger partial charge in [-0.25, -0.2) is 15.0 Å². The first-order valence-corrected chi connectivity index (χ1v) is 21.7. The molecule has 0 spiro atoms. The zero-order valence-electron chi connectivity index (χ0n) is 33.5. The SMILES string of the molecule is c1ccc(-c2cc(-c3ccccc3)cc(-c3ccc(-n4c5ccccc5c5cc6sc7ccccc7c6cc54)c(-c4nc(-c5ccccc5)nc(-c5ccccc5)n4)c3)c2)cc1. The molecule has 0 atom stereocenters. The van der Waals surface area contributed by atoms with Crippen molar-refractivity contribution in [1.29, 1.82) is 0 Å². The molecule has 0 aliphatic heterocycles. The molecule has 5 heteroatoms. The molecule has 12 aromatic rings. The maximum absolute atomic E-state index is 5.34. The summed E-state index contributed by atoms with van der Waals surface area (Å²) in [6.45, 7) is 0. The van der Waals surface area contributed by atoms with Crippen molar-refractivity contribution in [2.45, 2.75) is 0 Å². The van der Waals surface area contributed by atoms with Crippen molar-refractivity contribution in [3.8, 4) is 73.2 Å². The molecule has 4 nitrogen and oxygen atoms in total. The highest BCUT2D eigenvalue weighted by Gasteiger charge is 2.22.